The Bertz CT molecular complexity index is 1030. The van der Waals surface area contributed by atoms with Crippen LogP contribution in [0.5, 0.6) is 5.75 Å². The summed E-state index contributed by atoms with van der Waals surface area (Å²) in [4.78, 5) is 0. The number of nitrogens with zero attached hydrogens (tertiary/aromatic N) is 3. The van der Waals surface area contributed by atoms with E-state index in [9.17, 15) is 4.39 Å². The van der Waals surface area contributed by atoms with E-state index < -0.39 is 5.82 Å². The number of nitriles is 1. The Kier molecular flexibility index (Phi) is 7.63. The van der Waals surface area contributed by atoms with E-state index in [0.717, 1.165) is 17.4 Å². The second-order valence-electron chi connectivity index (χ2n) is 7.53. The molecule has 4 rings (SSSR count). The number of hydrogen-bond acceptors (Lipinski definition) is 5. The van der Waals surface area contributed by atoms with Crippen molar-refractivity contribution in [2.75, 3.05) is 32.6 Å². The Balaban J connectivity index is 0.000000330. The molecule has 1 saturated heterocycles. The van der Waals surface area contributed by atoms with Gasteiger partial charge in [0.05, 0.1) is 24.1 Å². The van der Waals surface area contributed by atoms with Gasteiger partial charge in [-0.15, -0.1) is 5.10 Å². The highest BCUT2D eigenvalue weighted by Crippen LogP contribution is 2.28. The minimum Gasteiger partial charge on any atom is -0.497 e. The summed E-state index contributed by atoms with van der Waals surface area (Å²) in [6.07, 6.45) is 2.80. The minimum atomic E-state index is -0.552. The van der Waals surface area contributed by atoms with E-state index in [0.29, 0.717) is 17.1 Å². The first-order valence-electron chi connectivity index (χ1n) is 10.4. The molecule has 1 fully saturated rings. The number of rotatable bonds is 4. The van der Waals surface area contributed by atoms with Crippen LogP contribution in [0.15, 0.2) is 48.5 Å². The molecule has 1 aliphatic rings. The van der Waals surface area contributed by atoms with Gasteiger partial charge in [-0.05, 0) is 68.2 Å². The molecule has 0 aliphatic carbocycles. The number of piperidine rings is 1. The summed E-state index contributed by atoms with van der Waals surface area (Å²) in [5.41, 5.74) is 2.18. The Morgan fingerprint density at radius 1 is 1.23 bits per heavy atom. The molecule has 2 aromatic carbocycles. The molecule has 3 aromatic rings. The van der Waals surface area contributed by atoms with Crippen molar-refractivity contribution in [1.29, 1.82) is 5.26 Å². The van der Waals surface area contributed by atoms with Crippen molar-refractivity contribution in [3.63, 3.8) is 0 Å². The van der Waals surface area contributed by atoms with Crippen LogP contribution in [0.2, 0.25) is 0 Å². The van der Waals surface area contributed by atoms with Gasteiger partial charge in [0.25, 0.3) is 0 Å². The zero-order valence-electron chi connectivity index (χ0n) is 18.2. The largest absolute Gasteiger partial charge is 0.497 e. The molecule has 162 valence electrons. The van der Waals surface area contributed by atoms with E-state index in [4.69, 9.17) is 10.00 Å². The van der Waals surface area contributed by atoms with Crippen molar-refractivity contribution in [3.8, 4) is 28.8 Å². The molecule has 6 nitrogen and oxygen atoms in total. The van der Waals surface area contributed by atoms with Gasteiger partial charge in [-0.3, -0.25) is 0 Å². The maximum Gasteiger partial charge on any atom is 0.148 e. The number of anilines is 1. The predicted octanol–water partition coefficient (Wildman–Crippen LogP) is 4.61. The lowest BCUT2D eigenvalue weighted by Crippen LogP contribution is -2.27. The van der Waals surface area contributed by atoms with Gasteiger partial charge in [-0.25, -0.2) is 9.07 Å². The highest BCUT2D eigenvalue weighted by molar-refractivity contribution is 5.67. The molecule has 1 aliphatic heterocycles. The van der Waals surface area contributed by atoms with Gasteiger partial charge in [0.1, 0.15) is 23.5 Å². The normalized spacial score (nSPS) is 15.4. The van der Waals surface area contributed by atoms with Crippen molar-refractivity contribution in [2.24, 2.45) is 5.92 Å². The summed E-state index contributed by atoms with van der Waals surface area (Å²) in [6, 6.07) is 15.6. The number of nitrogens with one attached hydrogen (secondary N) is 2. The number of hydrogen-bond donors (Lipinski definition) is 2. The molecule has 31 heavy (non-hydrogen) atoms. The fourth-order valence-corrected chi connectivity index (χ4v) is 3.42. The Hall–Kier alpha value is -3.37. The minimum absolute atomic E-state index is 0.0168. The summed E-state index contributed by atoms with van der Waals surface area (Å²) < 4.78 is 20.9. The maximum absolute atomic E-state index is 14.0. The van der Waals surface area contributed by atoms with Crippen LogP contribution in [0.3, 0.4) is 0 Å². The number of ether oxygens (including phenoxy) is 1. The first-order chi connectivity index (χ1) is 15.0. The van der Waals surface area contributed by atoms with Crippen LogP contribution in [-0.4, -0.2) is 37.0 Å². The Morgan fingerprint density at radius 2 is 2.00 bits per heavy atom. The molecule has 0 spiro atoms. The number of halogens is 1. The van der Waals surface area contributed by atoms with Crippen molar-refractivity contribution >= 4 is 5.82 Å². The molecule has 0 amide bonds. The second-order valence-corrected chi connectivity index (χ2v) is 7.53. The van der Waals surface area contributed by atoms with Crippen LogP contribution >= 0.6 is 0 Å². The summed E-state index contributed by atoms with van der Waals surface area (Å²) in [6.45, 7) is 4.77. The van der Waals surface area contributed by atoms with Crippen LogP contribution in [0, 0.1) is 23.1 Å². The smallest absolute Gasteiger partial charge is 0.148 e. The number of benzene rings is 2. The van der Waals surface area contributed by atoms with E-state index in [1.54, 1.807) is 24.9 Å². The topological polar surface area (TPSA) is 74.9 Å². The van der Waals surface area contributed by atoms with Crippen LogP contribution in [0.25, 0.3) is 16.9 Å². The standard InChI is InChI=1S/C18H15FN4O.C6H13N/c1-21-18-10-17(12-3-4-13(11-20)16(19)9-12)23(22-18)14-5-7-15(24-2)8-6-14;1-6-3-2-4-7-5-6/h3-10H,1-2H3,(H,21,22);6-7H,2-5H2,1H3. The van der Waals surface area contributed by atoms with Crippen LogP contribution in [0.1, 0.15) is 25.3 Å². The third-order valence-corrected chi connectivity index (χ3v) is 5.21. The molecule has 2 N–H and O–H groups in total. The second kappa shape index (κ2) is 10.6. The fraction of sp³-hybridized carbons (Fsp3) is 0.333. The summed E-state index contributed by atoms with van der Waals surface area (Å²) in [7, 11) is 3.37. The molecular weight excluding hydrogens is 393 g/mol. The number of methoxy groups -OCH3 is 1. The third-order valence-electron chi connectivity index (χ3n) is 5.21. The van der Waals surface area contributed by atoms with Crippen molar-refractivity contribution < 1.29 is 9.13 Å². The molecule has 1 aromatic heterocycles. The van der Waals surface area contributed by atoms with E-state index >= 15 is 0 Å². The zero-order valence-corrected chi connectivity index (χ0v) is 18.2. The number of aromatic nitrogens is 2. The van der Waals surface area contributed by atoms with Gasteiger partial charge >= 0.3 is 0 Å². The SMILES string of the molecule is CC1CCCNC1.CNc1cc(-c2ccc(C#N)c(F)c2)n(-c2ccc(OC)cc2)n1. The van der Waals surface area contributed by atoms with E-state index in [1.807, 2.05) is 36.4 Å². The molecule has 0 saturated carbocycles. The Morgan fingerprint density at radius 3 is 2.52 bits per heavy atom. The lowest BCUT2D eigenvalue weighted by molar-refractivity contribution is 0.405. The molecular formula is C24H28FN5O. The first-order valence-corrected chi connectivity index (χ1v) is 10.4. The summed E-state index contributed by atoms with van der Waals surface area (Å²) >= 11 is 0. The van der Waals surface area contributed by atoms with Gasteiger partial charge in [0, 0.05) is 18.7 Å². The van der Waals surface area contributed by atoms with Crippen molar-refractivity contribution in [1.82, 2.24) is 15.1 Å². The summed E-state index contributed by atoms with van der Waals surface area (Å²) in [5, 5.41) is 19.7. The van der Waals surface area contributed by atoms with Crippen LogP contribution < -0.4 is 15.4 Å². The van der Waals surface area contributed by atoms with Crippen LogP contribution in [-0.2, 0) is 0 Å². The van der Waals surface area contributed by atoms with Gasteiger partial charge in [-0.2, -0.15) is 5.26 Å². The average Bonchev–Trinajstić information content (AvgIpc) is 3.24. The van der Waals surface area contributed by atoms with E-state index in [1.165, 1.54) is 38.1 Å². The molecule has 1 atom stereocenters. The zero-order chi connectivity index (χ0) is 22.2. The highest BCUT2D eigenvalue weighted by Gasteiger charge is 2.13. The highest BCUT2D eigenvalue weighted by atomic mass is 19.1. The lowest BCUT2D eigenvalue weighted by Gasteiger charge is -2.17. The molecule has 0 bridgehead atoms. The van der Waals surface area contributed by atoms with Gasteiger partial charge in [-0.1, -0.05) is 13.0 Å². The Labute approximate surface area is 182 Å². The predicted molar refractivity (Wildman–Crippen MR) is 121 cm³/mol. The molecule has 7 heteroatoms. The fourth-order valence-electron chi connectivity index (χ4n) is 3.42. The van der Waals surface area contributed by atoms with E-state index in [-0.39, 0.29) is 5.56 Å². The van der Waals surface area contributed by atoms with Gasteiger partial charge < -0.3 is 15.4 Å². The summed E-state index contributed by atoms with van der Waals surface area (Å²) in [5.74, 6) is 1.77. The van der Waals surface area contributed by atoms with Crippen molar-refractivity contribution in [2.45, 2.75) is 19.8 Å². The molecule has 0 radical (unpaired) electrons. The lowest BCUT2D eigenvalue weighted by atomic mass is 10.0. The monoisotopic (exact) mass is 421 g/mol. The van der Waals surface area contributed by atoms with Crippen LogP contribution in [0.4, 0.5) is 10.2 Å². The third kappa shape index (κ3) is 5.62. The maximum atomic E-state index is 14.0. The quantitative estimate of drug-likeness (QED) is 0.644. The van der Waals surface area contributed by atoms with Crippen molar-refractivity contribution in [3.05, 3.63) is 59.9 Å². The van der Waals surface area contributed by atoms with Gasteiger partial charge in [0.2, 0.25) is 0 Å². The van der Waals surface area contributed by atoms with Gasteiger partial charge in [0.15, 0.2) is 0 Å². The molecule has 1 unspecified atom stereocenters. The van der Waals surface area contributed by atoms with E-state index in [2.05, 4.69) is 22.7 Å². The molecule has 2 heterocycles. The average molecular weight is 422 g/mol. The first kappa shape index (κ1) is 22.3.